The van der Waals surface area contributed by atoms with Gasteiger partial charge in [-0.25, -0.2) is 9.78 Å². The molecule has 4 nitrogen and oxygen atoms in total. The summed E-state index contributed by atoms with van der Waals surface area (Å²) in [5.41, 5.74) is 1.33. The van der Waals surface area contributed by atoms with E-state index < -0.39 is 0 Å². The van der Waals surface area contributed by atoms with Gasteiger partial charge in [0.05, 0.1) is 10.5 Å². The minimum absolute atomic E-state index is 0.0910. The molecule has 1 N–H and O–H groups in total. The lowest BCUT2D eigenvalue weighted by atomic mass is 10.1. The molecule has 0 saturated heterocycles. The van der Waals surface area contributed by atoms with E-state index in [4.69, 9.17) is 11.6 Å². The topological polar surface area (TPSA) is 50.7 Å². The smallest absolute Gasteiger partial charge is 0.290 e. The molecule has 0 fully saturated rings. The summed E-state index contributed by atoms with van der Waals surface area (Å²) in [4.78, 5) is 19.0. The van der Waals surface area contributed by atoms with E-state index in [-0.39, 0.29) is 11.7 Å². The third-order valence-electron chi connectivity index (χ3n) is 3.15. The molecule has 0 aromatic carbocycles. The number of hydrogen-bond acceptors (Lipinski definition) is 2. The number of pyridine rings is 1. The zero-order valence-electron chi connectivity index (χ0n) is 10.7. The first-order chi connectivity index (χ1) is 8.67. The molecule has 0 aliphatic carbocycles. The van der Waals surface area contributed by atoms with Gasteiger partial charge in [0.15, 0.2) is 5.65 Å². The third kappa shape index (κ3) is 2.43. The molecule has 0 unspecified atom stereocenters. The first kappa shape index (κ1) is 13.1. The van der Waals surface area contributed by atoms with E-state index in [2.05, 4.69) is 23.8 Å². The molecule has 5 heteroatoms. The van der Waals surface area contributed by atoms with Gasteiger partial charge in [-0.3, -0.25) is 9.55 Å². The first-order valence-electron chi connectivity index (χ1n) is 6.43. The largest absolute Gasteiger partial charge is 0.327 e. The second-order valence-electron chi connectivity index (χ2n) is 4.55. The number of aromatic amines is 1. The molecule has 2 aromatic heterocycles. The molecule has 2 heterocycles. The highest BCUT2D eigenvalue weighted by molar-refractivity contribution is 6.31. The quantitative estimate of drug-likeness (QED) is 0.901. The molecule has 0 bridgehead atoms. The van der Waals surface area contributed by atoms with Crippen LogP contribution in [-0.2, 0) is 0 Å². The van der Waals surface area contributed by atoms with Crippen molar-refractivity contribution in [2.24, 2.45) is 0 Å². The number of nitrogens with zero attached hydrogens (tertiary/aromatic N) is 2. The molecule has 0 aliphatic heterocycles. The average Bonchev–Trinajstić information content (AvgIpc) is 2.64. The maximum Gasteiger partial charge on any atom is 0.327 e. The van der Waals surface area contributed by atoms with Crippen LogP contribution in [0.4, 0.5) is 0 Å². The van der Waals surface area contributed by atoms with Gasteiger partial charge in [0.25, 0.3) is 0 Å². The molecule has 0 aliphatic rings. The lowest BCUT2D eigenvalue weighted by Gasteiger charge is -2.17. The maximum absolute atomic E-state index is 12.1. The standard InChI is InChI=1S/C13H18ClN3O/c1-3-5-10(6-4-2)17-11-7-9(14)8-15-12(11)16-13(17)18/h7-8,10H,3-6H2,1-2H3,(H,15,16,18). The van der Waals surface area contributed by atoms with Crippen molar-refractivity contribution < 1.29 is 0 Å². The SMILES string of the molecule is CCCC(CCC)n1c(=O)[nH]c2ncc(Cl)cc21. The van der Waals surface area contributed by atoms with Gasteiger partial charge in [0, 0.05) is 12.2 Å². The number of hydrogen-bond donors (Lipinski definition) is 1. The van der Waals surface area contributed by atoms with Gasteiger partial charge in [0.1, 0.15) is 0 Å². The van der Waals surface area contributed by atoms with Gasteiger partial charge in [-0.15, -0.1) is 0 Å². The zero-order chi connectivity index (χ0) is 13.1. The summed E-state index contributed by atoms with van der Waals surface area (Å²) in [6.07, 6.45) is 5.65. The van der Waals surface area contributed by atoms with Crippen LogP contribution in [0.15, 0.2) is 17.1 Å². The van der Waals surface area contributed by atoms with E-state index in [0.29, 0.717) is 10.7 Å². The van der Waals surface area contributed by atoms with E-state index in [1.54, 1.807) is 16.8 Å². The van der Waals surface area contributed by atoms with Gasteiger partial charge in [-0.2, -0.15) is 0 Å². The van der Waals surface area contributed by atoms with Gasteiger partial charge < -0.3 is 0 Å². The van der Waals surface area contributed by atoms with E-state index >= 15 is 0 Å². The Bertz CT molecular complexity index is 581. The van der Waals surface area contributed by atoms with Crippen LogP contribution in [-0.4, -0.2) is 14.5 Å². The van der Waals surface area contributed by atoms with Crippen LogP contribution in [0, 0.1) is 0 Å². The number of H-pyrrole nitrogens is 1. The highest BCUT2D eigenvalue weighted by Crippen LogP contribution is 2.23. The monoisotopic (exact) mass is 267 g/mol. The van der Waals surface area contributed by atoms with Crippen LogP contribution in [0.5, 0.6) is 0 Å². The predicted molar refractivity (Wildman–Crippen MR) is 74.2 cm³/mol. The molecule has 0 radical (unpaired) electrons. The van der Waals surface area contributed by atoms with Crippen molar-refractivity contribution >= 4 is 22.8 Å². The van der Waals surface area contributed by atoms with Gasteiger partial charge in [-0.1, -0.05) is 38.3 Å². The van der Waals surface area contributed by atoms with Gasteiger partial charge in [-0.05, 0) is 18.9 Å². The van der Waals surface area contributed by atoms with Crippen molar-refractivity contribution in [1.82, 2.24) is 14.5 Å². The van der Waals surface area contributed by atoms with Crippen molar-refractivity contribution in [1.29, 1.82) is 0 Å². The Morgan fingerprint density at radius 2 is 2.06 bits per heavy atom. The third-order valence-corrected chi connectivity index (χ3v) is 3.35. The fraction of sp³-hybridized carbons (Fsp3) is 0.538. The molecule has 2 aromatic rings. The van der Waals surface area contributed by atoms with Crippen molar-refractivity contribution in [2.45, 2.75) is 45.6 Å². The normalized spacial score (nSPS) is 11.6. The van der Waals surface area contributed by atoms with Crippen LogP contribution >= 0.6 is 11.6 Å². The second-order valence-corrected chi connectivity index (χ2v) is 4.99. The summed E-state index contributed by atoms with van der Waals surface area (Å²) in [5, 5.41) is 0.557. The molecular weight excluding hydrogens is 250 g/mol. The number of aromatic nitrogens is 3. The van der Waals surface area contributed by atoms with Crippen molar-refractivity contribution in [3.8, 4) is 0 Å². The Hall–Kier alpha value is -1.29. The number of rotatable bonds is 5. The lowest BCUT2D eigenvalue weighted by molar-refractivity contribution is 0.427. The van der Waals surface area contributed by atoms with E-state index in [1.165, 1.54) is 0 Å². The molecular formula is C13H18ClN3O. The first-order valence-corrected chi connectivity index (χ1v) is 6.81. The Labute approximate surface area is 111 Å². The Morgan fingerprint density at radius 3 is 2.67 bits per heavy atom. The zero-order valence-corrected chi connectivity index (χ0v) is 11.5. The predicted octanol–water partition coefficient (Wildman–Crippen LogP) is 3.52. The minimum Gasteiger partial charge on any atom is -0.290 e. The van der Waals surface area contributed by atoms with Crippen LogP contribution < -0.4 is 5.69 Å². The summed E-state index contributed by atoms with van der Waals surface area (Å²) in [5.74, 6) is 0. The minimum atomic E-state index is -0.0910. The van der Waals surface area contributed by atoms with E-state index in [9.17, 15) is 4.79 Å². The summed E-state index contributed by atoms with van der Waals surface area (Å²) >= 11 is 5.97. The number of halogens is 1. The van der Waals surface area contributed by atoms with Crippen LogP contribution in [0.25, 0.3) is 11.2 Å². The van der Waals surface area contributed by atoms with Crippen molar-refractivity contribution in [2.75, 3.05) is 0 Å². The number of imidazole rings is 1. The summed E-state index contributed by atoms with van der Waals surface area (Å²) in [7, 11) is 0. The summed E-state index contributed by atoms with van der Waals surface area (Å²) < 4.78 is 1.81. The van der Waals surface area contributed by atoms with Gasteiger partial charge in [0.2, 0.25) is 0 Å². The summed E-state index contributed by atoms with van der Waals surface area (Å²) in [6.45, 7) is 4.27. The summed E-state index contributed by atoms with van der Waals surface area (Å²) in [6, 6.07) is 2.03. The second kappa shape index (κ2) is 5.57. The van der Waals surface area contributed by atoms with Crippen LogP contribution in [0.2, 0.25) is 5.02 Å². The molecule has 2 rings (SSSR count). The molecule has 0 spiro atoms. The van der Waals surface area contributed by atoms with Crippen molar-refractivity contribution in [3.05, 3.63) is 27.8 Å². The van der Waals surface area contributed by atoms with E-state index in [1.807, 2.05) is 0 Å². The highest BCUT2D eigenvalue weighted by atomic mass is 35.5. The molecule has 18 heavy (non-hydrogen) atoms. The van der Waals surface area contributed by atoms with Crippen LogP contribution in [0.3, 0.4) is 0 Å². The average molecular weight is 268 g/mol. The highest BCUT2D eigenvalue weighted by Gasteiger charge is 2.16. The molecule has 0 saturated carbocycles. The fourth-order valence-electron chi connectivity index (χ4n) is 2.41. The van der Waals surface area contributed by atoms with Crippen molar-refractivity contribution in [3.63, 3.8) is 0 Å². The Morgan fingerprint density at radius 1 is 1.39 bits per heavy atom. The fourth-order valence-corrected chi connectivity index (χ4v) is 2.56. The molecule has 98 valence electrons. The van der Waals surface area contributed by atoms with Gasteiger partial charge >= 0.3 is 5.69 Å². The maximum atomic E-state index is 12.1. The number of fused-ring (bicyclic) bond motifs is 1. The lowest BCUT2D eigenvalue weighted by Crippen LogP contribution is -2.22. The molecule has 0 atom stereocenters. The van der Waals surface area contributed by atoms with E-state index in [0.717, 1.165) is 31.2 Å². The Balaban J connectivity index is 2.56. The Kier molecular flexibility index (Phi) is 4.07. The van der Waals surface area contributed by atoms with Crippen LogP contribution in [0.1, 0.15) is 45.6 Å². The molecule has 0 amide bonds. The number of nitrogens with one attached hydrogen (secondary N) is 1.